The fourth-order valence-electron chi connectivity index (χ4n) is 2.50. The highest BCUT2D eigenvalue weighted by Gasteiger charge is 2.25. The van der Waals surface area contributed by atoms with E-state index in [1.165, 1.54) is 0 Å². The van der Waals surface area contributed by atoms with Gasteiger partial charge in [-0.05, 0) is 47.3 Å². The molecule has 2 rings (SSSR count). The van der Waals surface area contributed by atoms with E-state index < -0.39 is 0 Å². The van der Waals surface area contributed by atoms with E-state index in [0.717, 1.165) is 41.5 Å². The van der Waals surface area contributed by atoms with Crippen molar-refractivity contribution in [1.29, 1.82) is 0 Å². The van der Waals surface area contributed by atoms with Crippen LogP contribution in [0.2, 0.25) is 0 Å². The third kappa shape index (κ3) is 2.68. The minimum absolute atomic E-state index is 0.168. The summed E-state index contributed by atoms with van der Waals surface area (Å²) in [6, 6.07) is 6.11. The van der Waals surface area contributed by atoms with Crippen LogP contribution in [0.5, 0.6) is 0 Å². The lowest BCUT2D eigenvalue weighted by atomic mass is 10.0. The summed E-state index contributed by atoms with van der Waals surface area (Å²) >= 11 is 8.64. The summed E-state index contributed by atoms with van der Waals surface area (Å²) in [4.78, 5) is 2.61. The molecule has 18 heavy (non-hydrogen) atoms. The Hall–Kier alpha value is -0.650. The fraction of sp³-hybridized carbons (Fsp3) is 0.462. The van der Waals surface area contributed by atoms with Crippen molar-refractivity contribution in [2.45, 2.75) is 25.3 Å². The van der Waals surface area contributed by atoms with Crippen molar-refractivity contribution in [2.75, 3.05) is 18.1 Å². The second kappa shape index (κ2) is 5.99. The molecule has 1 unspecified atom stereocenters. The van der Waals surface area contributed by atoms with E-state index in [1.807, 2.05) is 18.2 Å². The lowest BCUT2D eigenvalue weighted by molar-refractivity contribution is 0.240. The number of anilines is 1. The van der Waals surface area contributed by atoms with Crippen LogP contribution in [0.3, 0.4) is 0 Å². The first-order valence-corrected chi connectivity index (χ1v) is 7.31. The molecular weight excluding hydrogens is 312 g/mol. The van der Waals surface area contributed by atoms with Crippen LogP contribution < -0.4 is 10.6 Å². The molecule has 98 valence electrons. The van der Waals surface area contributed by atoms with Crippen LogP contribution in [0.15, 0.2) is 22.7 Å². The highest BCUT2D eigenvalue weighted by atomic mass is 79.9. The molecule has 1 atom stereocenters. The van der Waals surface area contributed by atoms with Crippen molar-refractivity contribution in [2.24, 2.45) is 5.73 Å². The van der Waals surface area contributed by atoms with Gasteiger partial charge in [0.2, 0.25) is 0 Å². The number of aliphatic hydroxyl groups is 1. The molecule has 0 amide bonds. The number of halogens is 1. The second-order valence-electron chi connectivity index (χ2n) is 4.52. The van der Waals surface area contributed by atoms with Crippen molar-refractivity contribution in [3.05, 3.63) is 28.2 Å². The van der Waals surface area contributed by atoms with Gasteiger partial charge in [-0.2, -0.15) is 0 Å². The molecule has 0 aromatic heterocycles. The number of hydrogen-bond acceptors (Lipinski definition) is 3. The summed E-state index contributed by atoms with van der Waals surface area (Å²) in [5.41, 5.74) is 7.71. The first-order chi connectivity index (χ1) is 8.65. The van der Waals surface area contributed by atoms with Gasteiger partial charge in [-0.3, -0.25) is 0 Å². The maximum Gasteiger partial charge on any atom is 0.107 e. The van der Waals surface area contributed by atoms with E-state index in [9.17, 15) is 5.11 Å². The molecule has 5 heteroatoms. The van der Waals surface area contributed by atoms with Crippen LogP contribution in [-0.2, 0) is 0 Å². The fourth-order valence-corrected chi connectivity index (χ4v) is 3.42. The van der Waals surface area contributed by atoms with Gasteiger partial charge in [0, 0.05) is 22.3 Å². The van der Waals surface area contributed by atoms with Crippen molar-refractivity contribution in [3.8, 4) is 0 Å². The number of rotatable bonds is 3. The zero-order valence-corrected chi connectivity index (χ0v) is 12.5. The van der Waals surface area contributed by atoms with E-state index in [4.69, 9.17) is 18.0 Å². The third-order valence-electron chi connectivity index (χ3n) is 3.39. The Morgan fingerprint density at radius 1 is 1.50 bits per heavy atom. The zero-order valence-electron chi connectivity index (χ0n) is 10.1. The van der Waals surface area contributed by atoms with Gasteiger partial charge >= 0.3 is 0 Å². The van der Waals surface area contributed by atoms with Crippen LogP contribution in [0.4, 0.5) is 5.69 Å². The van der Waals surface area contributed by atoms with Crippen LogP contribution in [0.25, 0.3) is 0 Å². The Bertz CT molecular complexity index is 453. The summed E-state index contributed by atoms with van der Waals surface area (Å²) in [5, 5.41) is 9.50. The van der Waals surface area contributed by atoms with Gasteiger partial charge in [-0.25, -0.2) is 0 Å². The van der Waals surface area contributed by atoms with E-state index in [0.29, 0.717) is 4.99 Å². The van der Waals surface area contributed by atoms with Gasteiger partial charge in [0.25, 0.3) is 0 Å². The van der Waals surface area contributed by atoms with E-state index >= 15 is 0 Å². The van der Waals surface area contributed by atoms with Crippen molar-refractivity contribution in [3.63, 3.8) is 0 Å². The number of nitrogens with two attached hydrogens (primary N) is 1. The number of hydrogen-bond donors (Lipinski definition) is 2. The minimum atomic E-state index is 0.168. The monoisotopic (exact) mass is 328 g/mol. The molecule has 0 saturated carbocycles. The SMILES string of the molecule is NC(=S)c1c(Br)cccc1N1CCCCC1CO. The standard InChI is InChI=1S/C13H17BrN2OS/c14-10-5-3-6-11(12(10)13(15)18)16-7-2-1-4-9(16)8-17/h3,5-6,9,17H,1-2,4,7-8H2,(H2,15,18). The quantitative estimate of drug-likeness (QED) is 0.837. The normalized spacial score (nSPS) is 19.9. The zero-order chi connectivity index (χ0) is 13.1. The molecule has 1 aromatic carbocycles. The summed E-state index contributed by atoms with van der Waals surface area (Å²) in [5.74, 6) is 0. The Balaban J connectivity index is 2.42. The van der Waals surface area contributed by atoms with Crippen LogP contribution in [0.1, 0.15) is 24.8 Å². The Labute approximate surface area is 121 Å². The van der Waals surface area contributed by atoms with E-state index in [2.05, 4.69) is 20.8 Å². The third-order valence-corrected chi connectivity index (χ3v) is 4.25. The van der Waals surface area contributed by atoms with Crippen molar-refractivity contribution >= 4 is 38.8 Å². The number of thiocarbonyl (C=S) groups is 1. The Morgan fingerprint density at radius 2 is 2.28 bits per heavy atom. The lowest BCUT2D eigenvalue weighted by Crippen LogP contribution is -2.42. The van der Waals surface area contributed by atoms with Gasteiger partial charge in [-0.15, -0.1) is 0 Å². The molecule has 3 N–H and O–H groups in total. The smallest absolute Gasteiger partial charge is 0.107 e. The van der Waals surface area contributed by atoms with Crippen LogP contribution >= 0.6 is 28.1 Å². The largest absolute Gasteiger partial charge is 0.394 e. The number of piperidine rings is 1. The van der Waals surface area contributed by atoms with Gasteiger partial charge in [-0.1, -0.05) is 18.3 Å². The average molecular weight is 329 g/mol. The molecule has 1 fully saturated rings. The minimum Gasteiger partial charge on any atom is -0.394 e. The first-order valence-electron chi connectivity index (χ1n) is 6.11. The Kier molecular flexibility index (Phi) is 4.59. The second-order valence-corrected chi connectivity index (χ2v) is 5.82. The molecule has 1 saturated heterocycles. The molecule has 3 nitrogen and oxygen atoms in total. The predicted octanol–water partition coefficient (Wildman–Crippen LogP) is 2.43. The van der Waals surface area contributed by atoms with Crippen molar-refractivity contribution in [1.82, 2.24) is 0 Å². The first kappa shape index (κ1) is 13.8. The van der Waals surface area contributed by atoms with E-state index in [1.54, 1.807) is 0 Å². The number of aliphatic hydroxyl groups excluding tert-OH is 1. The van der Waals surface area contributed by atoms with Gasteiger partial charge in [0.15, 0.2) is 0 Å². The Morgan fingerprint density at radius 3 is 2.94 bits per heavy atom. The maximum absolute atomic E-state index is 9.50. The summed E-state index contributed by atoms with van der Waals surface area (Å²) in [6.45, 7) is 1.11. The van der Waals surface area contributed by atoms with Gasteiger partial charge in [0.05, 0.1) is 12.6 Å². The molecule has 1 aliphatic rings. The van der Waals surface area contributed by atoms with Gasteiger partial charge in [0.1, 0.15) is 4.99 Å². The summed E-state index contributed by atoms with van der Waals surface area (Å²) in [7, 11) is 0. The topological polar surface area (TPSA) is 49.5 Å². The highest BCUT2D eigenvalue weighted by molar-refractivity contribution is 9.10. The molecular formula is C13H17BrN2OS. The number of benzene rings is 1. The van der Waals surface area contributed by atoms with E-state index in [-0.39, 0.29) is 12.6 Å². The molecule has 0 bridgehead atoms. The molecule has 0 spiro atoms. The highest BCUT2D eigenvalue weighted by Crippen LogP contribution is 2.32. The molecule has 1 heterocycles. The number of nitrogens with zero attached hydrogens (tertiary/aromatic N) is 1. The molecule has 1 aromatic rings. The predicted molar refractivity (Wildman–Crippen MR) is 82.1 cm³/mol. The van der Waals surface area contributed by atoms with Gasteiger partial charge < -0.3 is 15.7 Å². The summed E-state index contributed by atoms with van der Waals surface area (Å²) in [6.07, 6.45) is 3.32. The van der Waals surface area contributed by atoms with Crippen molar-refractivity contribution < 1.29 is 5.11 Å². The molecule has 0 aliphatic carbocycles. The van der Waals surface area contributed by atoms with Crippen LogP contribution in [-0.4, -0.2) is 29.3 Å². The average Bonchev–Trinajstić information content (AvgIpc) is 2.38. The molecule has 0 radical (unpaired) electrons. The molecule has 1 aliphatic heterocycles. The maximum atomic E-state index is 9.50. The lowest BCUT2D eigenvalue weighted by Gasteiger charge is -2.37. The summed E-state index contributed by atoms with van der Waals surface area (Å²) < 4.78 is 0.912. The van der Waals surface area contributed by atoms with Crippen LogP contribution in [0, 0.1) is 0 Å².